The first-order valence-corrected chi connectivity index (χ1v) is 7.36. The minimum atomic E-state index is -0.327. The lowest BCUT2D eigenvalue weighted by Crippen LogP contribution is -2.41. The van der Waals surface area contributed by atoms with Crippen molar-refractivity contribution in [3.05, 3.63) is 30.2 Å². The average Bonchev–Trinajstić information content (AvgIpc) is 3.01. The number of urea groups is 1. The summed E-state index contributed by atoms with van der Waals surface area (Å²) in [6.07, 6.45) is -0.121. The molecule has 3 rings (SSSR count). The Balaban J connectivity index is 1.62. The van der Waals surface area contributed by atoms with E-state index in [0.717, 1.165) is 0 Å². The van der Waals surface area contributed by atoms with Crippen LogP contribution in [0.4, 0.5) is 10.5 Å². The van der Waals surface area contributed by atoms with E-state index >= 15 is 0 Å². The molecule has 122 valence electrons. The molecule has 2 aromatic rings. The number of benzene rings is 1. The van der Waals surface area contributed by atoms with Crippen LogP contribution in [0.25, 0.3) is 11.4 Å². The minimum absolute atomic E-state index is 0.121. The van der Waals surface area contributed by atoms with E-state index in [1.54, 1.807) is 13.0 Å². The lowest BCUT2D eigenvalue weighted by Gasteiger charge is -2.23. The average molecular weight is 318 g/mol. The second-order valence-corrected chi connectivity index (χ2v) is 5.09. The van der Waals surface area contributed by atoms with E-state index in [2.05, 4.69) is 20.8 Å². The topological polar surface area (TPSA) is 98.5 Å². The van der Waals surface area contributed by atoms with Crippen molar-refractivity contribution in [1.29, 1.82) is 0 Å². The van der Waals surface area contributed by atoms with Crippen LogP contribution in [0.15, 0.2) is 28.8 Å². The summed E-state index contributed by atoms with van der Waals surface area (Å²) in [6, 6.07) is 6.94. The highest BCUT2D eigenvalue weighted by Gasteiger charge is 2.16. The van der Waals surface area contributed by atoms with Gasteiger partial charge in [-0.3, -0.25) is 0 Å². The molecule has 0 aliphatic carbocycles. The molecule has 1 saturated heterocycles. The number of nitrogens with one attached hydrogen (secondary N) is 2. The van der Waals surface area contributed by atoms with Crippen molar-refractivity contribution < 1.29 is 18.8 Å². The van der Waals surface area contributed by atoms with Gasteiger partial charge in [-0.25, -0.2) is 4.79 Å². The van der Waals surface area contributed by atoms with Crippen LogP contribution in [0, 0.1) is 6.92 Å². The van der Waals surface area contributed by atoms with E-state index in [4.69, 9.17) is 14.0 Å². The van der Waals surface area contributed by atoms with Gasteiger partial charge in [0.1, 0.15) is 0 Å². The molecule has 2 heterocycles. The second kappa shape index (κ2) is 7.21. The van der Waals surface area contributed by atoms with Gasteiger partial charge in [-0.1, -0.05) is 17.3 Å². The highest BCUT2D eigenvalue weighted by Crippen LogP contribution is 2.25. The van der Waals surface area contributed by atoms with Crippen LogP contribution < -0.4 is 10.6 Å². The summed E-state index contributed by atoms with van der Waals surface area (Å²) in [7, 11) is 0. The maximum Gasteiger partial charge on any atom is 0.319 e. The van der Waals surface area contributed by atoms with Crippen LogP contribution in [-0.4, -0.2) is 48.6 Å². The zero-order valence-electron chi connectivity index (χ0n) is 12.7. The summed E-state index contributed by atoms with van der Waals surface area (Å²) in [5.41, 5.74) is 1.29. The fourth-order valence-corrected chi connectivity index (χ4v) is 2.22. The van der Waals surface area contributed by atoms with Gasteiger partial charge in [0.15, 0.2) is 0 Å². The number of aryl methyl sites for hydroxylation is 1. The van der Waals surface area contributed by atoms with Gasteiger partial charge in [-0.2, -0.15) is 4.98 Å². The molecule has 8 nitrogen and oxygen atoms in total. The molecule has 1 fully saturated rings. The molecule has 1 aliphatic heterocycles. The maximum absolute atomic E-state index is 12.1. The lowest BCUT2D eigenvalue weighted by atomic mass is 10.1. The summed E-state index contributed by atoms with van der Waals surface area (Å²) in [4.78, 5) is 16.2. The molecule has 2 amide bonds. The van der Waals surface area contributed by atoms with E-state index < -0.39 is 0 Å². The molecule has 0 spiro atoms. The number of ether oxygens (including phenoxy) is 2. The SMILES string of the molecule is Cc1nc(-c2ccccc2NC(=O)NC[C@H]2COCCO2)no1. The predicted molar refractivity (Wildman–Crippen MR) is 82.1 cm³/mol. The number of para-hydroxylation sites is 1. The number of amides is 2. The zero-order valence-corrected chi connectivity index (χ0v) is 12.7. The monoisotopic (exact) mass is 318 g/mol. The first-order valence-electron chi connectivity index (χ1n) is 7.36. The van der Waals surface area contributed by atoms with Crippen LogP contribution in [-0.2, 0) is 9.47 Å². The molecular formula is C15H18N4O4. The van der Waals surface area contributed by atoms with Crippen molar-refractivity contribution in [1.82, 2.24) is 15.5 Å². The van der Waals surface area contributed by atoms with Crippen molar-refractivity contribution in [2.45, 2.75) is 13.0 Å². The number of aromatic nitrogens is 2. The van der Waals surface area contributed by atoms with Gasteiger partial charge in [-0.05, 0) is 12.1 Å². The molecule has 0 saturated carbocycles. The first-order chi connectivity index (χ1) is 11.2. The summed E-state index contributed by atoms with van der Waals surface area (Å²) in [5.74, 6) is 0.899. The Morgan fingerprint density at radius 3 is 2.96 bits per heavy atom. The van der Waals surface area contributed by atoms with Crippen molar-refractivity contribution in [2.75, 3.05) is 31.7 Å². The fourth-order valence-electron chi connectivity index (χ4n) is 2.22. The molecule has 8 heteroatoms. The third-order valence-corrected chi connectivity index (χ3v) is 3.32. The summed E-state index contributed by atoms with van der Waals surface area (Å²) >= 11 is 0. The molecule has 23 heavy (non-hydrogen) atoms. The van der Waals surface area contributed by atoms with E-state index in [0.29, 0.717) is 49.3 Å². The van der Waals surface area contributed by atoms with Crippen LogP contribution >= 0.6 is 0 Å². The molecule has 0 radical (unpaired) electrons. The van der Waals surface area contributed by atoms with E-state index in [1.807, 2.05) is 18.2 Å². The quantitative estimate of drug-likeness (QED) is 0.888. The Bertz CT molecular complexity index is 667. The van der Waals surface area contributed by atoms with Gasteiger partial charge in [0.2, 0.25) is 11.7 Å². The summed E-state index contributed by atoms with van der Waals surface area (Å²) in [6.45, 7) is 3.73. The highest BCUT2D eigenvalue weighted by molar-refractivity contribution is 5.93. The lowest BCUT2D eigenvalue weighted by molar-refractivity contribution is -0.0852. The highest BCUT2D eigenvalue weighted by atomic mass is 16.6. The van der Waals surface area contributed by atoms with Crippen LogP contribution in [0.3, 0.4) is 0 Å². The molecule has 1 aromatic carbocycles. The standard InChI is InChI=1S/C15H18N4O4/c1-10-17-14(19-23-10)12-4-2-3-5-13(12)18-15(20)16-8-11-9-21-6-7-22-11/h2-5,11H,6-9H2,1H3,(H2,16,18,20)/t11-/m0/s1. The number of rotatable bonds is 4. The molecule has 1 atom stereocenters. The molecular weight excluding hydrogens is 300 g/mol. The Morgan fingerprint density at radius 2 is 2.22 bits per heavy atom. The number of anilines is 1. The molecule has 0 unspecified atom stereocenters. The number of hydrogen-bond acceptors (Lipinski definition) is 6. The van der Waals surface area contributed by atoms with Crippen LogP contribution in [0.1, 0.15) is 5.89 Å². The van der Waals surface area contributed by atoms with Gasteiger partial charge in [0.25, 0.3) is 0 Å². The third-order valence-electron chi connectivity index (χ3n) is 3.32. The first kappa shape index (κ1) is 15.4. The van der Waals surface area contributed by atoms with Gasteiger partial charge >= 0.3 is 6.03 Å². The molecule has 1 aromatic heterocycles. The van der Waals surface area contributed by atoms with Gasteiger partial charge < -0.3 is 24.6 Å². The number of hydrogen-bond donors (Lipinski definition) is 2. The van der Waals surface area contributed by atoms with Crippen molar-refractivity contribution in [3.63, 3.8) is 0 Å². The minimum Gasteiger partial charge on any atom is -0.376 e. The Kier molecular flexibility index (Phi) is 4.84. The smallest absolute Gasteiger partial charge is 0.319 e. The Morgan fingerprint density at radius 1 is 1.35 bits per heavy atom. The Hall–Kier alpha value is -2.45. The van der Waals surface area contributed by atoms with E-state index in [1.165, 1.54) is 0 Å². The van der Waals surface area contributed by atoms with E-state index in [-0.39, 0.29) is 12.1 Å². The predicted octanol–water partition coefficient (Wildman–Crippen LogP) is 1.58. The van der Waals surface area contributed by atoms with Crippen LogP contribution in [0.5, 0.6) is 0 Å². The van der Waals surface area contributed by atoms with Crippen LogP contribution in [0.2, 0.25) is 0 Å². The normalized spacial score (nSPS) is 17.7. The van der Waals surface area contributed by atoms with Gasteiger partial charge in [-0.15, -0.1) is 0 Å². The molecule has 0 bridgehead atoms. The van der Waals surface area contributed by atoms with Gasteiger partial charge in [0, 0.05) is 19.0 Å². The van der Waals surface area contributed by atoms with Gasteiger partial charge in [0.05, 0.1) is 31.6 Å². The third kappa shape index (κ3) is 4.05. The largest absolute Gasteiger partial charge is 0.376 e. The fraction of sp³-hybridized carbons (Fsp3) is 0.400. The maximum atomic E-state index is 12.1. The number of carbonyl (C=O) groups is 1. The summed E-state index contributed by atoms with van der Waals surface area (Å²) < 4.78 is 15.7. The van der Waals surface area contributed by atoms with E-state index in [9.17, 15) is 4.79 Å². The number of carbonyl (C=O) groups excluding carboxylic acids is 1. The number of nitrogens with zero attached hydrogens (tertiary/aromatic N) is 2. The summed E-state index contributed by atoms with van der Waals surface area (Å²) in [5, 5.41) is 9.43. The van der Waals surface area contributed by atoms with Crippen molar-refractivity contribution >= 4 is 11.7 Å². The van der Waals surface area contributed by atoms with Crippen molar-refractivity contribution in [3.8, 4) is 11.4 Å². The second-order valence-electron chi connectivity index (χ2n) is 5.09. The molecule has 2 N–H and O–H groups in total. The molecule has 1 aliphatic rings. The Labute approximate surface area is 133 Å². The zero-order chi connectivity index (χ0) is 16.1. The van der Waals surface area contributed by atoms with Crippen molar-refractivity contribution in [2.24, 2.45) is 0 Å².